The maximum absolute atomic E-state index is 6.41. The molecule has 0 aliphatic rings. The van der Waals surface area contributed by atoms with E-state index in [9.17, 15) is 0 Å². The molecule has 0 fully saturated rings. The molecule has 0 unspecified atom stereocenters. The molecule has 0 aliphatic heterocycles. The number of nitrogen functional groups attached to an aromatic ring is 2. The highest BCUT2D eigenvalue weighted by Gasteiger charge is 2.12. The van der Waals surface area contributed by atoms with Gasteiger partial charge in [-0.05, 0) is 30.3 Å². The number of nitrogens with zero attached hydrogens (tertiary/aromatic N) is 3. The van der Waals surface area contributed by atoms with Gasteiger partial charge < -0.3 is 20.9 Å². The van der Waals surface area contributed by atoms with Crippen molar-refractivity contribution in [2.75, 3.05) is 18.6 Å². The Morgan fingerprint density at radius 1 is 1.03 bits per heavy atom. The summed E-state index contributed by atoms with van der Waals surface area (Å²) in [7, 11) is 1.55. The van der Waals surface area contributed by atoms with Gasteiger partial charge in [-0.2, -0.15) is 0 Å². The van der Waals surface area contributed by atoms with Crippen molar-refractivity contribution >= 4 is 34.0 Å². The van der Waals surface area contributed by atoms with Gasteiger partial charge in [0.2, 0.25) is 0 Å². The number of hydrogen-bond acceptors (Lipinski definition) is 7. The number of rotatable bonds is 5. The summed E-state index contributed by atoms with van der Waals surface area (Å²) in [6.07, 6.45) is 3.46. The van der Waals surface area contributed by atoms with E-state index in [1.165, 1.54) is 0 Å². The van der Waals surface area contributed by atoms with E-state index in [1.54, 1.807) is 43.8 Å². The van der Waals surface area contributed by atoms with Gasteiger partial charge in [0.1, 0.15) is 23.9 Å². The minimum atomic E-state index is 0.326. The molecular weight excluding hydrogens is 390 g/mol. The molecule has 0 saturated carbocycles. The second kappa shape index (κ2) is 7.81. The molecule has 0 bridgehead atoms. The number of aromatic nitrogens is 3. The zero-order valence-electron chi connectivity index (χ0n) is 15.6. The number of ether oxygens (including phenoxy) is 2. The fraction of sp³-hybridized carbons (Fsp3) is 0.0952. The lowest BCUT2D eigenvalue weighted by atomic mass is 10.1. The Balaban J connectivity index is 1.65. The molecule has 2 aromatic carbocycles. The molecule has 2 heterocycles. The number of pyridine rings is 1. The molecule has 0 saturated heterocycles. The van der Waals surface area contributed by atoms with E-state index in [1.807, 2.05) is 18.2 Å². The van der Waals surface area contributed by atoms with E-state index >= 15 is 0 Å². The van der Waals surface area contributed by atoms with Crippen molar-refractivity contribution in [3.63, 3.8) is 0 Å². The third-order valence-corrected chi connectivity index (χ3v) is 4.68. The van der Waals surface area contributed by atoms with E-state index in [0.29, 0.717) is 56.9 Å². The number of fused-ring (bicyclic) bond motifs is 1. The number of hydrogen-bond donors (Lipinski definition) is 2. The average Bonchev–Trinajstić information content (AvgIpc) is 2.73. The van der Waals surface area contributed by atoms with Crippen LogP contribution < -0.4 is 20.9 Å². The highest BCUT2D eigenvalue weighted by Crippen LogP contribution is 2.33. The van der Waals surface area contributed by atoms with Gasteiger partial charge in [0.05, 0.1) is 23.3 Å². The first-order chi connectivity index (χ1) is 14.0. The van der Waals surface area contributed by atoms with Crippen LogP contribution in [0.15, 0.2) is 54.9 Å². The Morgan fingerprint density at radius 2 is 1.90 bits per heavy atom. The third-order valence-electron chi connectivity index (χ3n) is 4.38. The quantitative estimate of drug-likeness (QED) is 0.479. The monoisotopic (exact) mass is 407 g/mol. The number of methoxy groups -OCH3 is 1. The van der Waals surface area contributed by atoms with Crippen molar-refractivity contribution in [1.29, 1.82) is 0 Å². The average molecular weight is 408 g/mol. The Morgan fingerprint density at radius 3 is 2.62 bits per heavy atom. The van der Waals surface area contributed by atoms with Crippen LogP contribution in [0.4, 0.5) is 11.5 Å². The molecule has 29 heavy (non-hydrogen) atoms. The number of nitrogens with two attached hydrogens (primary N) is 2. The van der Waals surface area contributed by atoms with Gasteiger partial charge in [0, 0.05) is 35.0 Å². The maximum Gasteiger partial charge on any atom is 0.162 e. The summed E-state index contributed by atoms with van der Waals surface area (Å²) in [6.45, 7) is 0.369. The summed E-state index contributed by atoms with van der Waals surface area (Å²) in [6, 6.07) is 12.6. The Kier molecular flexibility index (Phi) is 5.05. The van der Waals surface area contributed by atoms with Crippen LogP contribution >= 0.6 is 11.6 Å². The molecule has 0 atom stereocenters. The van der Waals surface area contributed by atoms with Crippen molar-refractivity contribution in [3.8, 4) is 22.9 Å². The molecule has 2 aromatic heterocycles. The highest BCUT2D eigenvalue weighted by atomic mass is 35.5. The predicted octanol–water partition coefficient (Wildman–Crippen LogP) is 4.10. The SMILES string of the molecule is COc1cc2nc(-c3ccc(OCc4cccnc4)c(Cl)c3)nc(N)c2cc1N. The van der Waals surface area contributed by atoms with Gasteiger partial charge in [-0.1, -0.05) is 17.7 Å². The number of halogens is 1. The summed E-state index contributed by atoms with van der Waals surface area (Å²) >= 11 is 6.41. The molecule has 7 nitrogen and oxygen atoms in total. The molecule has 8 heteroatoms. The maximum atomic E-state index is 6.41. The molecule has 4 rings (SSSR count). The molecule has 146 valence electrons. The standard InChI is InChI=1S/C21H18ClN5O2/c1-28-19-9-17-14(8-16(19)23)20(24)27-21(26-17)13-4-5-18(15(22)7-13)29-11-12-3-2-6-25-10-12/h2-10H,11,23H2,1H3,(H2,24,26,27). The molecular formula is C21H18ClN5O2. The van der Waals surface area contributed by atoms with Crippen LogP contribution in [0.2, 0.25) is 5.02 Å². The summed E-state index contributed by atoms with van der Waals surface area (Å²) in [5, 5.41) is 1.11. The molecule has 0 radical (unpaired) electrons. The van der Waals surface area contributed by atoms with Crippen molar-refractivity contribution in [1.82, 2.24) is 15.0 Å². The number of anilines is 2. The summed E-state index contributed by atoms with van der Waals surface area (Å²) in [5.41, 5.74) is 14.8. The van der Waals surface area contributed by atoms with E-state index in [0.717, 1.165) is 5.56 Å². The van der Waals surface area contributed by atoms with Gasteiger partial charge in [-0.15, -0.1) is 0 Å². The lowest BCUT2D eigenvalue weighted by molar-refractivity contribution is 0.306. The Bertz CT molecular complexity index is 1180. The van der Waals surface area contributed by atoms with E-state index in [-0.39, 0.29) is 0 Å². The van der Waals surface area contributed by atoms with Crippen LogP contribution in [0.5, 0.6) is 11.5 Å². The smallest absolute Gasteiger partial charge is 0.162 e. The van der Waals surface area contributed by atoms with Gasteiger partial charge in [0.25, 0.3) is 0 Å². The third kappa shape index (κ3) is 3.86. The topological polar surface area (TPSA) is 109 Å². The lowest BCUT2D eigenvalue weighted by Gasteiger charge is -2.11. The molecule has 0 spiro atoms. The zero-order valence-corrected chi connectivity index (χ0v) is 16.3. The lowest BCUT2D eigenvalue weighted by Crippen LogP contribution is -2.01. The van der Waals surface area contributed by atoms with Gasteiger partial charge in [-0.25, -0.2) is 9.97 Å². The van der Waals surface area contributed by atoms with E-state index in [4.69, 9.17) is 32.5 Å². The van der Waals surface area contributed by atoms with Gasteiger partial charge in [0.15, 0.2) is 5.82 Å². The first kappa shape index (κ1) is 18.8. The first-order valence-corrected chi connectivity index (χ1v) is 9.15. The number of benzene rings is 2. The van der Waals surface area contributed by atoms with Crippen LogP contribution in [0.25, 0.3) is 22.3 Å². The molecule has 4 aromatic rings. The first-order valence-electron chi connectivity index (χ1n) is 8.77. The normalized spacial score (nSPS) is 10.8. The summed E-state index contributed by atoms with van der Waals surface area (Å²) in [4.78, 5) is 13.0. The van der Waals surface area contributed by atoms with Crippen LogP contribution in [-0.4, -0.2) is 22.1 Å². The molecule has 4 N–H and O–H groups in total. The van der Waals surface area contributed by atoms with E-state index < -0.39 is 0 Å². The molecule has 0 amide bonds. The van der Waals surface area contributed by atoms with E-state index in [2.05, 4.69) is 15.0 Å². The van der Waals surface area contributed by atoms with Crippen molar-refractivity contribution < 1.29 is 9.47 Å². The second-order valence-electron chi connectivity index (χ2n) is 6.34. The zero-order chi connectivity index (χ0) is 20.4. The largest absolute Gasteiger partial charge is 0.495 e. The van der Waals surface area contributed by atoms with Crippen LogP contribution in [0, 0.1) is 0 Å². The van der Waals surface area contributed by atoms with Crippen LogP contribution in [-0.2, 0) is 6.61 Å². The Hall–Kier alpha value is -3.58. The predicted molar refractivity (Wildman–Crippen MR) is 114 cm³/mol. The second-order valence-corrected chi connectivity index (χ2v) is 6.75. The molecule has 0 aliphatic carbocycles. The summed E-state index contributed by atoms with van der Waals surface area (Å²) in [5.74, 6) is 1.86. The fourth-order valence-electron chi connectivity index (χ4n) is 2.90. The van der Waals surface area contributed by atoms with Gasteiger partial charge >= 0.3 is 0 Å². The van der Waals surface area contributed by atoms with Crippen molar-refractivity contribution in [3.05, 3.63) is 65.4 Å². The van der Waals surface area contributed by atoms with Crippen molar-refractivity contribution in [2.24, 2.45) is 0 Å². The van der Waals surface area contributed by atoms with Crippen molar-refractivity contribution in [2.45, 2.75) is 6.61 Å². The minimum Gasteiger partial charge on any atom is -0.495 e. The minimum absolute atomic E-state index is 0.326. The Labute approximate surface area is 172 Å². The van der Waals surface area contributed by atoms with Crippen LogP contribution in [0.3, 0.4) is 0 Å². The fourth-order valence-corrected chi connectivity index (χ4v) is 3.14. The van der Waals surface area contributed by atoms with Gasteiger partial charge in [-0.3, -0.25) is 4.98 Å². The summed E-state index contributed by atoms with van der Waals surface area (Å²) < 4.78 is 11.1. The highest BCUT2D eigenvalue weighted by molar-refractivity contribution is 6.32. The van der Waals surface area contributed by atoms with Crippen LogP contribution in [0.1, 0.15) is 5.56 Å².